The van der Waals surface area contributed by atoms with Gasteiger partial charge in [-0.3, -0.25) is 0 Å². The average Bonchev–Trinajstić information content (AvgIpc) is 1.70. The molecule has 0 bridgehead atoms. The van der Waals surface area contributed by atoms with E-state index in [-0.39, 0.29) is 76.9 Å². The first kappa shape index (κ1) is 77.2. The Kier molecular flexibility index (Phi) is 31.7. The minimum Gasteiger partial charge on any atom is -0.545 e. The van der Waals surface area contributed by atoms with E-state index >= 15 is 0 Å². The summed E-state index contributed by atoms with van der Waals surface area (Å²) in [7, 11) is 6.09. The standard InChI is InChI=1S/2C20H22N4O.4C8H8O3.2Cd/c2*1-15-21-17-7-3-5-9-19(17)23(15)11-13-25-14-12-24-16(2)22-18-8-4-6-10-20(18)24;4*1-11-7-4-2-6(3-5-7)8(9)10;;/h2*3-10H,11-14H2,1-2H3;4*2-5H,1H3,(H,9,10);;/q;;;;;;2*+2/p-4. The monoisotopic (exact) mass is 1500 g/mol. The van der Waals surface area contributed by atoms with Gasteiger partial charge in [-0.15, -0.1) is 0 Å². The number of aromatic nitrogens is 8. The van der Waals surface area contributed by atoms with Crippen molar-refractivity contribution in [1.29, 1.82) is 0 Å². The molecule has 0 unspecified atom stereocenters. The van der Waals surface area contributed by atoms with E-state index in [0.29, 0.717) is 49.4 Å². The number of methoxy groups -OCH3 is 4. The number of fused-ring (bicyclic) bond motifs is 4. The summed E-state index contributed by atoms with van der Waals surface area (Å²) in [6, 6.07) is 57.0. The van der Waals surface area contributed by atoms with Crippen LogP contribution in [-0.2, 0) is 90.3 Å². The molecule has 0 aliphatic heterocycles. The van der Waals surface area contributed by atoms with Crippen LogP contribution in [0.5, 0.6) is 23.0 Å². The summed E-state index contributed by atoms with van der Waals surface area (Å²) >= 11 is 0. The first-order chi connectivity index (χ1) is 45.4. The molecule has 96 heavy (non-hydrogen) atoms. The first-order valence-electron chi connectivity index (χ1n) is 29.7. The fraction of sp³-hybridized carbons (Fsp3) is 0.222. The number of hydrogen-bond acceptors (Lipinski definition) is 18. The normalized spacial score (nSPS) is 10.2. The minimum atomic E-state index is -1.17. The van der Waals surface area contributed by atoms with Crippen LogP contribution in [0.25, 0.3) is 44.1 Å². The van der Waals surface area contributed by atoms with E-state index in [1.165, 1.54) is 99.0 Å². The number of imidazole rings is 4. The molecule has 0 spiro atoms. The maximum Gasteiger partial charge on any atom is 2.00 e. The first-order valence-corrected chi connectivity index (χ1v) is 29.7. The Morgan fingerprint density at radius 3 is 0.646 bits per heavy atom. The zero-order valence-corrected chi connectivity index (χ0v) is 62.9. The molecule has 488 valence electrons. The van der Waals surface area contributed by atoms with E-state index in [9.17, 15) is 39.6 Å². The molecule has 12 aromatic rings. The van der Waals surface area contributed by atoms with Gasteiger partial charge in [0, 0.05) is 26.2 Å². The van der Waals surface area contributed by atoms with Gasteiger partial charge in [0.25, 0.3) is 0 Å². The zero-order chi connectivity index (χ0) is 67.5. The SMILES string of the molecule is COc1ccc(C(=O)[O-])cc1.COc1ccc(C(=O)[O-])cc1.COc1ccc(C(=O)[O-])cc1.COc1ccc(C(=O)[O-])cc1.Cc1nc2ccccc2n1CCOCCn1c(C)nc2ccccc21.Cc1nc2ccccc2n1CCOCCn1c(C)nc2ccccc21.[Cd+2].[Cd+2]. The molecule has 4 heterocycles. The number of aryl methyl sites for hydroxylation is 4. The Bertz CT molecular complexity index is 3840. The van der Waals surface area contributed by atoms with Crippen LogP contribution >= 0.6 is 0 Å². The van der Waals surface area contributed by atoms with Gasteiger partial charge in [0.05, 0.1) is 123 Å². The summed E-state index contributed by atoms with van der Waals surface area (Å²) < 4.78 is 40.0. The number of aromatic carboxylic acids is 4. The van der Waals surface area contributed by atoms with Crippen LogP contribution in [0.1, 0.15) is 64.7 Å². The molecule has 4 aromatic heterocycles. The number of para-hydroxylation sites is 8. The van der Waals surface area contributed by atoms with Gasteiger partial charge in [-0.05, 0) is 196 Å². The second kappa shape index (κ2) is 39.4. The molecular formula is C72H72Cd2N8O14. The van der Waals surface area contributed by atoms with Crippen molar-refractivity contribution in [1.82, 2.24) is 38.2 Å². The summed E-state index contributed by atoms with van der Waals surface area (Å²) in [5, 5.41) is 41.0. The van der Waals surface area contributed by atoms with E-state index in [2.05, 4.69) is 62.5 Å². The predicted molar refractivity (Wildman–Crippen MR) is 349 cm³/mol. The van der Waals surface area contributed by atoms with Crippen molar-refractivity contribution < 1.29 is 123 Å². The van der Waals surface area contributed by atoms with Crippen LogP contribution < -0.4 is 39.4 Å². The third kappa shape index (κ3) is 22.3. The smallest absolute Gasteiger partial charge is 0.545 e. The quantitative estimate of drug-likeness (QED) is 0.0522. The van der Waals surface area contributed by atoms with Crippen LogP contribution in [0.2, 0.25) is 0 Å². The van der Waals surface area contributed by atoms with Crippen LogP contribution in [0, 0.1) is 27.7 Å². The number of nitrogens with zero attached hydrogens (tertiary/aromatic N) is 8. The number of benzene rings is 8. The number of carboxylic acid groups (broad SMARTS) is 4. The molecule has 0 radical (unpaired) electrons. The Labute approximate surface area is 596 Å². The zero-order valence-electron chi connectivity index (χ0n) is 54.8. The number of carbonyl (C=O) groups excluding carboxylic acids is 4. The van der Waals surface area contributed by atoms with Crippen molar-refractivity contribution in [2.24, 2.45) is 0 Å². The van der Waals surface area contributed by atoms with Gasteiger partial charge in [0.1, 0.15) is 46.3 Å². The van der Waals surface area contributed by atoms with Crippen molar-refractivity contribution in [3.8, 4) is 23.0 Å². The molecule has 0 N–H and O–H groups in total. The molecule has 0 saturated heterocycles. The number of ether oxygens (including phenoxy) is 6. The molecule has 0 aliphatic rings. The van der Waals surface area contributed by atoms with Gasteiger partial charge in [0.15, 0.2) is 0 Å². The number of carbonyl (C=O) groups is 4. The van der Waals surface area contributed by atoms with Gasteiger partial charge in [-0.2, -0.15) is 0 Å². The van der Waals surface area contributed by atoms with Crippen molar-refractivity contribution in [3.63, 3.8) is 0 Å². The molecule has 24 heteroatoms. The van der Waals surface area contributed by atoms with Crippen LogP contribution in [0.15, 0.2) is 194 Å². The van der Waals surface area contributed by atoms with E-state index in [4.69, 9.17) is 28.4 Å². The van der Waals surface area contributed by atoms with Crippen LogP contribution in [-0.4, -0.2) is 117 Å². The fourth-order valence-electron chi connectivity index (χ4n) is 9.65. The van der Waals surface area contributed by atoms with E-state index < -0.39 is 23.9 Å². The van der Waals surface area contributed by atoms with Crippen molar-refractivity contribution in [2.45, 2.75) is 53.9 Å². The molecule has 0 fully saturated rings. The summed E-state index contributed by atoms with van der Waals surface area (Å²) in [6.07, 6.45) is 0. The fourth-order valence-corrected chi connectivity index (χ4v) is 9.65. The Hall–Kier alpha value is -9.52. The van der Waals surface area contributed by atoms with Crippen molar-refractivity contribution in [2.75, 3.05) is 54.9 Å². The Balaban J connectivity index is 0.000000218. The van der Waals surface area contributed by atoms with Gasteiger partial charge >= 0.3 is 54.6 Å². The maximum atomic E-state index is 10.2. The van der Waals surface area contributed by atoms with Gasteiger partial charge in [-0.25, -0.2) is 19.9 Å². The summed E-state index contributed by atoms with van der Waals surface area (Å²) in [5.41, 5.74) is 9.47. The molecule has 12 rings (SSSR count). The van der Waals surface area contributed by atoms with Crippen molar-refractivity contribution >= 4 is 68.0 Å². The predicted octanol–water partition coefficient (Wildman–Crippen LogP) is 7.67. The largest absolute Gasteiger partial charge is 2.00 e. The minimum absolute atomic E-state index is 0. The summed E-state index contributed by atoms with van der Waals surface area (Å²) in [5.74, 6) is 1.96. The van der Waals surface area contributed by atoms with Crippen molar-refractivity contribution in [3.05, 3.63) is 240 Å². The van der Waals surface area contributed by atoms with Crippen LogP contribution in [0.3, 0.4) is 0 Å². The number of rotatable bonds is 20. The molecule has 0 aliphatic carbocycles. The number of hydrogen-bond donors (Lipinski definition) is 0. The topological polar surface area (TPSA) is 287 Å². The van der Waals surface area contributed by atoms with Gasteiger partial charge < -0.3 is 86.3 Å². The third-order valence-electron chi connectivity index (χ3n) is 14.5. The molecule has 0 atom stereocenters. The maximum absolute atomic E-state index is 10.2. The molecule has 22 nitrogen and oxygen atoms in total. The van der Waals surface area contributed by atoms with Crippen LogP contribution in [0.4, 0.5) is 0 Å². The van der Waals surface area contributed by atoms with E-state index in [1.54, 1.807) is 48.5 Å². The number of carboxylic acids is 4. The average molecular weight is 1500 g/mol. The second-order valence-electron chi connectivity index (χ2n) is 20.5. The molecule has 8 aromatic carbocycles. The van der Waals surface area contributed by atoms with Gasteiger partial charge in [-0.1, -0.05) is 48.5 Å². The third-order valence-corrected chi connectivity index (χ3v) is 14.5. The molecular weight excluding hydrogens is 1430 g/mol. The second-order valence-corrected chi connectivity index (χ2v) is 20.5. The molecule has 0 saturated carbocycles. The molecule has 0 amide bonds. The van der Waals surface area contributed by atoms with E-state index in [0.717, 1.165) is 71.5 Å². The summed E-state index contributed by atoms with van der Waals surface area (Å²) in [4.78, 5) is 59.4. The summed E-state index contributed by atoms with van der Waals surface area (Å²) in [6.45, 7) is 14.1. The Morgan fingerprint density at radius 2 is 0.479 bits per heavy atom. The van der Waals surface area contributed by atoms with Gasteiger partial charge in [0.2, 0.25) is 0 Å². The van der Waals surface area contributed by atoms with E-state index in [1.807, 2.05) is 100 Å². The Morgan fingerprint density at radius 1 is 0.302 bits per heavy atom.